The largest absolute Gasteiger partial charge is 0.504 e. The zero-order valence-corrected chi connectivity index (χ0v) is 11.9. The number of anilines is 1. The Labute approximate surface area is 122 Å². The van der Waals surface area contributed by atoms with Crippen molar-refractivity contribution in [2.75, 3.05) is 26.1 Å². The Hall–Kier alpha value is -1.99. The maximum Gasteiger partial charge on any atom is 0.256 e. The number of aliphatic hydroxyl groups is 1. The van der Waals surface area contributed by atoms with Gasteiger partial charge in [0.05, 0.1) is 30.5 Å². The molecule has 3 atom stereocenters. The average Bonchev–Trinajstić information content (AvgIpc) is 2.81. The van der Waals surface area contributed by atoms with Crippen molar-refractivity contribution in [1.82, 2.24) is 4.90 Å². The normalized spacial score (nSPS) is 27.7. The van der Waals surface area contributed by atoms with E-state index in [9.17, 15) is 15.0 Å². The fourth-order valence-corrected chi connectivity index (χ4v) is 3.01. The summed E-state index contributed by atoms with van der Waals surface area (Å²) in [5.41, 5.74) is 0.886. The van der Waals surface area contributed by atoms with Gasteiger partial charge in [0.15, 0.2) is 11.5 Å². The van der Waals surface area contributed by atoms with Crippen LogP contribution in [-0.2, 0) is 4.74 Å². The molecule has 0 unspecified atom stereocenters. The molecule has 1 aromatic rings. The van der Waals surface area contributed by atoms with Gasteiger partial charge in [0.1, 0.15) is 6.23 Å². The quantitative estimate of drug-likeness (QED) is 0.730. The molecule has 1 aromatic carbocycles. The van der Waals surface area contributed by atoms with Crippen LogP contribution >= 0.6 is 0 Å². The van der Waals surface area contributed by atoms with Gasteiger partial charge in [0, 0.05) is 19.7 Å². The highest BCUT2D eigenvalue weighted by molar-refractivity contribution is 6.01. The van der Waals surface area contributed by atoms with Crippen LogP contribution < -0.4 is 10.1 Å². The summed E-state index contributed by atoms with van der Waals surface area (Å²) in [7, 11) is 2.97. The number of phenols is 1. The van der Waals surface area contributed by atoms with Gasteiger partial charge in [0.25, 0.3) is 5.91 Å². The summed E-state index contributed by atoms with van der Waals surface area (Å²) in [5, 5.41) is 22.8. The van der Waals surface area contributed by atoms with Crippen LogP contribution in [0.1, 0.15) is 16.8 Å². The van der Waals surface area contributed by atoms with E-state index in [0.29, 0.717) is 17.7 Å². The molecule has 7 nitrogen and oxygen atoms in total. The number of rotatable bonds is 2. The minimum absolute atomic E-state index is 0.0477. The molecule has 21 heavy (non-hydrogen) atoms. The van der Waals surface area contributed by atoms with Crippen molar-refractivity contribution in [1.29, 1.82) is 0 Å². The number of aliphatic hydroxyl groups excluding tert-OH is 1. The number of phenolic OH excluding ortho intramolecular Hbond substituents is 1. The third-order valence-corrected chi connectivity index (χ3v) is 4.03. The van der Waals surface area contributed by atoms with Crippen molar-refractivity contribution in [2.45, 2.75) is 24.8 Å². The maximum atomic E-state index is 12.7. The minimum Gasteiger partial charge on any atom is -0.504 e. The molecule has 0 spiro atoms. The highest BCUT2D eigenvalue weighted by Gasteiger charge is 2.43. The van der Waals surface area contributed by atoms with E-state index in [-0.39, 0.29) is 30.0 Å². The van der Waals surface area contributed by atoms with Crippen LogP contribution in [0.2, 0.25) is 0 Å². The van der Waals surface area contributed by atoms with Gasteiger partial charge in [0.2, 0.25) is 0 Å². The Morgan fingerprint density at radius 2 is 2.14 bits per heavy atom. The third kappa shape index (κ3) is 2.18. The summed E-state index contributed by atoms with van der Waals surface area (Å²) >= 11 is 0. The number of hydrogen-bond acceptors (Lipinski definition) is 6. The van der Waals surface area contributed by atoms with Gasteiger partial charge in [-0.1, -0.05) is 0 Å². The van der Waals surface area contributed by atoms with E-state index >= 15 is 0 Å². The van der Waals surface area contributed by atoms with E-state index < -0.39 is 12.3 Å². The van der Waals surface area contributed by atoms with Gasteiger partial charge in [-0.05, 0) is 12.5 Å². The number of carbonyl (C=O) groups is 1. The first-order valence-electron chi connectivity index (χ1n) is 6.74. The Kier molecular flexibility index (Phi) is 3.38. The number of methoxy groups -OCH3 is 2. The third-order valence-electron chi connectivity index (χ3n) is 4.03. The Bertz CT molecular complexity index is 577. The lowest BCUT2D eigenvalue weighted by molar-refractivity contribution is 0.0420. The van der Waals surface area contributed by atoms with Crippen LogP contribution in [-0.4, -0.2) is 60.2 Å². The van der Waals surface area contributed by atoms with Crippen molar-refractivity contribution >= 4 is 11.6 Å². The molecule has 2 aliphatic rings. The van der Waals surface area contributed by atoms with Gasteiger partial charge in [-0.15, -0.1) is 0 Å². The molecule has 114 valence electrons. The van der Waals surface area contributed by atoms with Gasteiger partial charge < -0.3 is 29.9 Å². The van der Waals surface area contributed by atoms with Crippen molar-refractivity contribution < 1.29 is 24.5 Å². The van der Waals surface area contributed by atoms with Crippen molar-refractivity contribution in [2.24, 2.45) is 0 Å². The van der Waals surface area contributed by atoms with E-state index in [4.69, 9.17) is 9.47 Å². The smallest absolute Gasteiger partial charge is 0.256 e. The van der Waals surface area contributed by atoms with E-state index in [2.05, 4.69) is 5.32 Å². The number of ether oxygens (including phenoxy) is 2. The molecule has 1 fully saturated rings. The summed E-state index contributed by atoms with van der Waals surface area (Å²) < 4.78 is 10.5. The number of aromatic hydroxyl groups is 1. The molecule has 1 saturated heterocycles. The first-order valence-corrected chi connectivity index (χ1v) is 6.74. The first kappa shape index (κ1) is 14.0. The van der Waals surface area contributed by atoms with E-state index in [1.807, 2.05) is 0 Å². The standard InChI is InChI=1S/C14H18N2O5/c1-20-12-4-8-9(5-11(12)18)15-13(21-2)10-3-7(17)6-16(10)14(8)19/h4-5,7,10,13,15,17-18H,3,6H2,1-2H3/t7-,10+,13+/m0/s1. The summed E-state index contributed by atoms with van der Waals surface area (Å²) in [6.45, 7) is 0.271. The van der Waals surface area contributed by atoms with Crippen LogP contribution in [0.25, 0.3) is 0 Å². The topological polar surface area (TPSA) is 91.3 Å². The van der Waals surface area contributed by atoms with Crippen molar-refractivity contribution in [3.63, 3.8) is 0 Å². The second-order valence-electron chi connectivity index (χ2n) is 5.28. The molecule has 7 heteroatoms. The molecular formula is C14H18N2O5. The van der Waals surface area contributed by atoms with Crippen LogP contribution in [0.15, 0.2) is 12.1 Å². The van der Waals surface area contributed by atoms with E-state index in [1.54, 1.807) is 12.0 Å². The first-order chi connectivity index (χ1) is 10.0. The molecule has 0 aliphatic carbocycles. The monoisotopic (exact) mass is 294 g/mol. The molecule has 3 N–H and O–H groups in total. The van der Waals surface area contributed by atoms with Crippen LogP contribution in [0.3, 0.4) is 0 Å². The maximum absolute atomic E-state index is 12.7. The molecule has 2 heterocycles. The fourth-order valence-electron chi connectivity index (χ4n) is 3.01. The highest BCUT2D eigenvalue weighted by Crippen LogP contribution is 2.37. The van der Waals surface area contributed by atoms with Gasteiger partial charge in [-0.2, -0.15) is 0 Å². The molecule has 0 radical (unpaired) electrons. The van der Waals surface area contributed by atoms with E-state index in [1.165, 1.54) is 19.2 Å². The van der Waals surface area contributed by atoms with E-state index in [0.717, 1.165) is 0 Å². The van der Waals surface area contributed by atoms with Crippen LogP contribution in [0, 0.1) is 0 Å². The Morgan fingerprint density at radius 3 is 2.81 bits per heavy atom. The molecule has 0 bridgehead atoms. The molecule has 1 amide bonds. The second kappa shape index (κ2) is 5.09. The Morgan fingerprint density at radius 1 is 1.38 bits per heavy atom. The summed E-state index contributed by atoms with van der Waals surface area (Å²) in [4.78, 5) is 14.3. The molecule has 0 aromatic heterocycles. The molecule has 3 rings (SSSR count). The van der Waals surface area contributed by atoms with Gasteiger partial charge >= 0.3 is 0 Å². The number of hydrogen-bond donors (Lipinski definition) is 3. The predicted octanol–water partition coefficient (Wildman–Crippen LogP) is 0.374. The van der Waals surface area contributed by atoms with Crippen molar-refractivity contribution in [3.05, 3.63) is 17.7 Å². The number of fused-ring (bicyclic) bond motifs is 2. The predicted molar refractivity (Wildman–Crippen MR) is 74.5 cm³/mol. The Balaban J connectivity index is 2.08. The lowest BCUT2D eigenvalue weighted by atomic mass is 10.1. The van der Waals surface area contributed by atoms with Crippen LogP contribution in [0.4, 0.5) is 5.69 Å². The zero-order chi connectivity index (χ0) is 15.1. The SMILES string of the molecule is COc1cc2c(cc1O)N[C@H](OC)[C@H]1C[C@H](O)CN1C2=O. The molecule has 2 aliphatic heterocycles. The number of nitrogens with one attached hydrogen (secondary N) is 1. The summed E-state index contributed by atoms with van der Waals surface area (Å²) in [6, 6.07) is 2.70. The zero-order valence-electron chi connectivity index (χ0n) is 11.9. The highest BCUT2D eigenvalue weighted by atomic mass is 16.5. The van der Waals surface area contributed by atoms with Crippen molar-refractivity contribution in [3.8, 4) is 11.5 Å². The minimum atomic E-state index is -0.557. The number of nitrogens with zero attached hydrogens (tertiary/aromatic N) is 1. The number of carbonyl (C=O) groups excluding carboxylic acids is 1. The fraction of sp³-hybridized carbons (Fsp3) is 0.500. The van der Waals surface area contributed by atoms with Crippen LogP contribution in [0.5, 0.6) is 11.5 Å². The molecule has 0 saturated carbocycles. The summed E-state index contributed by atoms with van der Waals surface area (Å²) in [5.74, 6) is -0.0264. The number of amides is 1. The van der Waals surface area contributed by atoms with Gasteiger partial charge in [-0.25, -0.2) is 0 Å². The number of benzene rings is 1. The lowest BCUT2D eigenvalue weighted by Gasteiger charge is -2.27. The average molecular weight is 294 g/mol. The second-order valence-corrected chi connectivity index (χ2v) is 5.28. The lowest BCUT2D eigenvalue weighted by Crippen LogP contribution is -2.44. The molecular weight excluding hydrogens is 276 g/mol. The summed E-state index contributed by atoms with van der Waals surface area (Å²) in [6.07, 6.45) is -0.548. The van der Waals surface area contributed by atoms with Gasteiger partial charge in [-0.3, -0.25) is 4.79 Å².